The number of ether oxygens (including phenoxy) is 1. The first-order valence-corrected chi connectivity index (χ1v) is 6.65. The standard InChI is InChI=1S/C15H19FN2O2/c1-9(2)6-13(15(19)20-3)18-8-10-4-5-11(16)7-12(10)14(18)17/h4-5,7,9,13,17H,6,8H2,1-3H3. The minimum absolute atomic E-state index is 0.190. The number of halogens is 1. The summed E-state index contributed by atoms with van der Waals surface area (Å²) in [5.41, 5.74) is 1.43. The second-order valence-corrected chi connectivity index (χ2v) is 5.45. The minimum atomic E-state index is -0.497. The Balaban J connectivity index is 2.29. The predicted molar refractivity (Wildman–Crippen MR) is 74.0 cm³/mol. The highest BCUT2D eigenvalue weighted by Crippen LogP contribution is 2.27. The van der Waals surface area contributed by atoms with Gasteiger partial charge in [0.1, 0.15) is 17.7 Å². The number of benzene rings is 1. The number of nitrogens with one attached hydrogen (secondary N) is 1. The highest BCUT2D eigenvalue weighted by Gasteiger charge is 2.35. The highest BCUT2D eigenvalue weighted by atomic mass is 19.1. The van der Waals surface area contributed by atoms with Gasteiger partial charge in [0.2, 0.25) is 0 Å². The summed E-state index contributed by atoms with van der Waals surface area (Å²) in [6, 6.07) is 3.90. The number of carbonyl (C=O) groups excluding carboxylic acids is 1. The van der Waals surface area contributed by atoms with Crippen molar-refractivity contribution in [1.29, 1.82) is 5.41 Å². The molecule has 1 aromatic carbocycles. The molecule has 0 bridgehead atoms. The molecule has 1 aromatic rings. The van der Waals surface area contributed by atoms with E-state index < -0.39 is 6.04 Å². The number of rotatable bonds is 4. The molecule has 1 atom stereocenters. The molecule has 1 heterocycles. The number of hydrogen-bond acceptors (Lipinski definition) is 3. The van der Waals surface area contributed by atoms with Crippen molar-refractivity contribution >= 4 is 11.8 Å². The van der Waals surface area contributed by atoms with Crippen molar-refractivity contribution in [3.63, 3.8) is 0 Å². The Bertz CT molecular complexity index is 543. The molecule has 1 N–H and O–H groups in total. The van der Waals surface area contributed by atoms with Crippen LogP contribution in [0.5, 0.6) is 0 Å². The molecular formula is C15H19FN2O2. The van der Waals surface area contributed by atoms with Crippen molar-refractivity contribution in [2.75, 3.05) is 7.11 Å². The van der Waals surface area contributed by atoms with Crippen LogP contribution in [-0.4, -0.2) is 29.9 Å². The fourth-order valence-electron chi connectivity index (χ4n) is 2.52. The third-order valence-electron chi connectivity index (χ3n) is 3.50. The zero-order valence-electron chi connectivity index (χ0n) is 11.9. The van der Waals surface area contributed by atoms with Crippen LogP contribution < -0.4 is 0 Å². The summed E-state index contributed by atoms with van der Waals surface area (Å²) in [6.45, 7) is 4.48. The van der Waals surface area contributed by atoms with E-state index in [1.165, 1.54) is 19.2 Å². The lowest BCUT2D eigenvalue weighted by Crippen LogP contribution is -2.42. The fourth-order valence-corrected chi connectivity index (χ4v) is 2.52. The van der Waals surface area contributed by atoms with Gasteiger partial charge in [0.25, 0.3) is 0 Å². The number of carbonyl (C=O) groups is 1. The number of hydrogen-bond donors (Lipinski definition) is 1. The SMILES string of the molecule is COC(=O)C(CC(C)C)N1Cc2ccc(F)cc2C1=N. The van der Waals surface area contributed by atoms with E-state index in [1.807, 2.05) is 13.8 Å². The Morgan fingerprint density at radius 2 is 2.20 bits per heavy atom. The van der Waals surface area contributed by atoms with Gasteiger partial charge in [0.15, 0.2) is 0 Å². The number of esters is 1. The molecule has 0 aromatic heterocycles. The van der Waals surface area contributed by atoms with Crippen LogP contribution in [-0.2, 0) is 16.1 Å². The predicted octanol–water partition coefficient (Wildman–Crippen LogP) is 2.55. The van der Waals surface area contributed by atoms with E-state index in [1.54, 1.807) is 11.0 Å². The van der Waals surface area contributed by atoms with Gasteiger partial charge < -0.3 is 9.64 Å². The topological polar surface area (TPSA) is 53.4 Å². The van der Waals surface area contributed by atoms with Crippen molar-refractivity contribution in [2.24, 2.45) is 5.92 Å². The Morgan fingerprint density at radius 1 is 1.50 bits per heavy atom. The second kappa shape index (κ2) is 5.61. The maximum Gasteiger partial charge on any atom is 0.328 e. The normalized spacial score (nSPS) is 15.4. The molecule has 4 nitrogen and oxygen atoms in total. The van der Waals surface area contributed by atoms with E-state index in [0.29, 0.717) is 24.4 Å². The molecule has 108 valence electrons. The summed E-state index contributed by atoms with van der Waals surface area (Å²) in [7, 11) is 1.35. The van der Waals surface area contributed by atoms with E-state index in [0.717, 1.165) is 5.56 Å². The maximum atomic E-state index is 13.3. The molecule has 1 aliphatic rings. The summed E-state index contributed by atoms with van der Waals surface area (Å²) in [5.74, 6) is -0.228. The zero-order chi connectivity index (χ0) is 14.9. The van der Waals surface area contributed by atoms with Gasteiger partial charge >= 0.3 is 5.97 Å². The fraction of sp³-hybridized carbons (Fsp3) is 0.467. The maximum absolute atomic E-state index is 13.3. The van der Waals surface area contributed by atoms with Gasteiger partial charge in [-0.15, -0.1) is 0 Å². The minimum Gasteiger partial charge on any atom is -0.467 e. The van der Waals surface area contributed by atoms with Crippen molar-refractivity contribution in [1.82, 2.24) is 4.90 Å². The smallest absolute Gasteiger partial charge is 0.328 e. The molecule has 0 radical (unpaired) electrons. The monoisotopic (exact) mass is 278 g/mol. The molecule has 20 heavy (non-hydrogen) atoms. The van der Waals surface area contributed by atoms with Crippen LogP contribution in [0.25, 0.3) is 0 Å². The third kappa shape index (κ3) is 2.66. The van der Waals surface area contributed by atoms with Crippen LogP contribution >= 0.6 is 0 Å². The van der Waals surface area contributed by atoms with Crippen LogP contribution in [0.4, 0.5) is 4.39 Å². The Hall–Kier alpha value is -1.91. The molecule has 5 heteroatoms. The van der Waals surface area contributed by atoms with Gasteiger partial charge in [-0.1, -0.05) is 19.9 Å². The van der Waals surface area contributed by atoms with Gasteiger partial charge in [-0.3, -0.25) is 5.41 Å². The summed E-state index contributed by atoms with van der Waals surface area (Å²) in [4.78, 5) is 13.7. The lowest BCUT2D eigenvalue weighted by atomic mass is 10.0. The van der Waals surface area contributed by atoms with Crippen LogP contribution in [0, 0.1) is 17.1 Å². The summed E-state index contributed by atoms with van der Waals surface area (Å²) >= 11 is 0. The van der Waals surface area contributed by atoms with Gasteiger partial charge in [0, 0.05) is 12.1 Å². The van der Waals surface area contributed by atoms with Crippen molar-refractivity contribution in [3.8, 4) is 0 Å². The van der Waals surface area contributed by atoms with E-state index >= 15 is 0 Å². The molecule has 0 saturated carbocycles. The molecule has 0 spiro atoms. The first-order valence-electron chi connectivity index (χ1n) is 6.65. The molecule has 1 aliphatic heterocycles. The van der Waals surface area contributed by atoms with E-state index in [2.05, 4.69) is 0 Å². The van der Waals surface area contributed by atoms with E-state index in [9.17, 15) is 9.18 Å². The largest absolute Gasteiger partial charge is 0.467 e. The van der Waals surface area contributed by atoms with Gasteiger partial charge in [-0.05, 0) is 30.0 Å². The molecule has 1 unspecified atom stereocenters. The first-order chi connectivity index (χ1) is 9.43. The summed E-state index contributed by atoms with van der Waals surface area (Å²) in [6.07, 6.45) is 0.603. The van der Waals surface area contributed by atoms with E-state index in [4.69, 9.17) is 10.1 Å². The molecule has 0 fully saturated rings. The molecule has 2 rings (SSSR count). The number of amidine groups is 1. The molecule has 0 amide bonds. The van der Waals surface area contributed by atoms with Gasteiger partial charge in [-0.25, -0.2) is 9.18 Å². The Kier molecular flexibility index (Phi) is 4.06. The average Bonchev–Trinajstić information content (AvgIpc) is 2.72. The Labute approximate surface area is 118 Å². The molecular weight excluding hydrogens is 259 g/mol. The lowest BCUT2D eigenvalue weighted by Gasteiger charge is -2.28. The second-order valence-electron chi connectivity index (χ2n) is 5.45. The molecule has 0 saturated heterocycles. The number of methoxy groups -OCH3 is 1. The summed E-state index contributed by atoms with van der Waals surface area (Å²) in [5, 5.41) is 8.18. The van der Waals surface area contributed by atoms with Crippen LogP contribution in [0.15, 0.2) is 18.2 Å². The first kappa shape index (κ1) is 14.5. The highest BCUT2D eigenvalue weighted by molar-refractivity contribution is 6.02. The quantitative estimate of drug-likeness (QED) is 0.861. The lowest BCUT2D eigenvalue weighted by molar-refractivity contribution is -0.146. The van der Waals surface area contributed by atoms with Crippen LogP contribution in [0.2, 0.25) is 0 Å². The number of fused-ring (bicyclic) bond motifs is 1. The van der Waals surface area contributed by atoms with Gasteiger partial charge in [-0.2, -0.15) is 0 Å². The zero-order valence-corrected chi connectivity index (χ0v) is 11.9. The summed E-state index contributed by atoms with van der Waals surface area (Å²) < 4.78 is 18.1. The van der Waals surface area contributed by atoms with Crippen LogP contribution in [0.3, 0.4) is 0 Å². The van der Waals surface area contributed by atoms with Crippen molar-refractivity contribution in [3.05, 3.63) is 35.1 Å². The average molecular weight is 278 g/mol. The van der Waals surface area contributed by atoms with Crippen molar-refractivity contribution in [2.45, 2.75) is 32.9 Å². The van der Waals surface area contributed by atoms with Crippen molar-refractivity contribution < 1.29 is 13.9 Å². The molecule has 0 aliphatic carbocycles. The third-order valence-corrected chi connectivity index (χ3v) is 3.50. The number of nitrogens with zero attached hydrogens (tertiary/aromatic N) is 1. The van der Waals surface area contributed by atoms with Gasteiger partial charge in [0.05, 0.1) is 7.11 Å². The van der Waals surface area contributed by atoms with E-state index in [-0.39, 0.29) is 17.6 Å². The Morgan fingerprint density at radius 3 is 2.80 bits per heavy atom. The van der Waals surface area contributed by atoms with Crippen LogP contribution in [0.1, 0.15) is 31.4 Å².